The summed E-state index contributed by atoms with van der Waals surface area (Å²) >= 11 is 13.1. The van der Waals surface area contributed by atoms with E-state index in [0.717, 1.165) is 16.2 Å². The normalized spacial score (nSPS) is 16.7. The molecule has 3 rings (SSSR count). The maximum Gasteiger partial charge on any atom is 0.331 e. The lowest BCUT2D eigenvalue weighted by molar-refractivity contribution is -0.223. The largest absolute Gasteiger partial charge is 0.480 e. The molecule has 3 unspecified atom stereocenters. The third kappa shape index (κ3) is 11.4. The van der Waals surface area contributed by atoms with Gasteiger partial charge in [0.05, 0.1) is 17.8 Å². The zero-order valence-electron chi connectivity index (χ0n) is 30.2. The smallest absolute Gasteiger partial charge is 0.331 e. The van der Waals surface area contributed by atoms with Gasteiger partial charge >= 0.3 is 11.9 Å². The summed E-state index contributed by atoms with van der Waals surface area (Å²) in [6, 6.07) is 5.55. The van der Waals surface area contributed by atoms with E-state index in [4.69, 9.17) is 37.5 Å². The molecule has 2 aromatic rings. The Balaban J connectivity index is 2.20. The highest BCUT2D eigenvalue weighted by atomic mass is 35.5. The minimum atomic E-state index is -1.37. The molecule has 0 saturated carbocycles. The van der Waals surface area contributed by atoms with E-state index in [1.807, 2.05) is 13.1 Å². The van der Waals surface area contributed by atoms with E-state index in [9.17, 15) is 24.3 Å². The van der Waals surface area contributed by atoms with Gasteiger partial charge in [0, 0.05) is 40.2 Å². The number of hydrogen-bond acceptors (Lipinski definition) is 8. The Kier molecular flexibility index (Phi) is 12.6. The first kappa shape index (κ1) is 40.2. The van der Waals surface area contributed by atoms with E-state index in [0.29, 0.717) is 28.7 Å². The number of ether oxygens (including phenoxy) is 2. The van der Waals surface area contributed by atoms with Gasteiger partial charge in [0.15, 0.2) is 12.1 Å². The number of carboxylic acid groups (broad SMARTS) is 1. The van der Waals surface area contributed by atoms with Crippen LogP contribution in [-0.4, -0.2) is 87.9 Å². The molecule has 13 heteroatoms. The van der Waals surface area contributed by atoms with Crippen LogP contribution < -0.4 is 5.32 Å². The quantitative estimate of drug-likeness (QED) is 0.209. The van der Waals surface area contributed by atoms with E-state index in [-0.39, 0.29) is 23.7 Å². The number of nitrogens with zero attached hydrogens (tertiary/aromatic N) is 2. The fourth-order valence-corrected chi connectivity index (χ4v) is 5.76. The second-order valence-electron chi connectivity index (χ2n) is 15.4. The van der Waals surface area contributed by atoms with Gasteiger partial charge in [-0.2, -0.15) is 0 Å². The molecule has 3 atom stereocenters. The first-order chi connectivity index (χ1) is 22.3. The Morgan fingerprint density at radius 2 is 1.55 bits per heavy atom. The van der Waals surface area contributed by atoms with Crippen LogP contribution in [0, 0.1) is 0 Å². The lowest BCUT2D eigenvalue weighted by atomic mass is 9.83. The van der Waals surface area contributed by atoms with Crippen molar-refractivity contribution in [1.29, 1.82) is 0 Å². The molecule has 0 saturated heterocycles. The van der Waals surface area contributed by atoms with E-state index in [1.54, 1.807) is 80.5 Å². The lowest BCUT2D eigenvalue weighted by Crippen LogP contribution is -2.49. The molecule has 1 aliphatic heterocycles. The Labute approximate surface area is 299 Å². The SMILES string of the molecule is CC(C(=O)OC(C)(C)C)N(OC(C)(C)C)C(=O)c1cc(C(=O)NC(COC(C)(C)C)C(=O)O)cc(C2CN(C)Cc3c(Cl)cc(Cl)cc32)c1. The molecule has 0 aromatic heterocycles. The van der Waals surface area contributed by atoms with Crippen LogP contribution >= 0.6 is 23.2 Å². The number of carbonyl (C=O) groups excluding carboxylic acids is 3. The Bertz CT molecular complexity index is 1580. The van der Waals surface area contributed by atoms with Gasteiger partial charge in [0.1, 0.15) is 5.60 Å². The predicted molar refractivity (Wildman–Crippen MR) is 188 cm³/mol. The highest BCUT2D eigenvalue weighted by Gasteiger charge is 2.36. The van der Waals surface area contributed by atoms with Crippen LogP contribution in [-0.2, 0) is 30.4 Å². The minimum absolute atomic E-state index is 0.0198. The highest BCUT2D eigenvalue weighted by molar-refractivity contribution is 6.35. The number of fused-ring (bicyclic) bond motifs is 1. The monoisotopic (exact) mass is 721 g/mol. The molecule has 2 N–H and O–H groups in total. The van der Waals surface area contributed by atoms with E-state index >= 15 is 0 Å². The van der Waals surface area contributed by atoms with Crippen LogP contribution in [0.5, 0.6) is 0 Å². The van der Waals surface area contributed by atoms with E-state index in [2.05, 4.69) is 10.2 Å². The Morgan fingerprint density at radius 1 is 0.939 bits per heavy atom. The van der Waals surface area contributed by atoms with Crippen molar-refractivity contribution in [2.24, 2.45) is 0 Å². The van der Waals surface area contributed by atoms with Crippen LogP contribution in [0.25, 0.3) is 0 Å². The second-order valence-corrected chi connectivity index (χ2v) is 16.2. The minimum Gasteiger partial charge on any atom is -0.480 e. The number of likely N-dealkylation sites (N-methyl/N-ethyl adjacent to an activating group) is 1. The van der Waals surface area contributed by atoms with Crippen molar-refractivity contribution in [3.8, 4) is 0 Å². The number of carboxylic acids is 1. The molecule has 0 fully saturated rings. The zero-order valence-corrected chi connectivity index (χ0v) is 31.7. The van der Waals surface area contributed by atoms with Crippen molar-refractivity contribution in [3.05, 3.63) is 68.2 Å². The fraction of sp³-hybridized carbons (Fsp3) is 0.556. The summed E-state index contributed by atoms with van der Waals surface area (Å²) in [6.45, 7) is 18.0. The predicted octanol–water partition coefficient (Wildman–Crippen LogP) is 6.47. The molecule has 2 aromatic carbocycles. The number of carbonyl (C=O) groups is 4. The number of esters is 1. The standard InChI is InChI=1S/C36H49Cl2N3O8/c1-20(33(46)48-35(5,6)7)41(49-36(8,9)10)31(43)23-13-21(26-17-40(11)18-27-25(26)15-24(37)16-28(27)38)12-22(14-23)30(42)39-29(32(44)45)19-47-34(2,3)4/h12-16,20,26,29H,17-19H2,1-11H3,(H,39,42)(H,44,45). The van der Waals surface area contributed by atoms with Gasteiger partial charge < -0.3 is 24.8 Å². The van der Waals surface area contributed by atoms with E-state index in [1.165, 1.54) is 13.0 Å². The second kappa shape index (κ2) is 15.3. The number of rotatable bonds is 10. The van der Waals surface area contributed by atoms with Gasteiger partial charge in [0.25, 0.3) is 11.8 Å². The first-order valence-electron chi connectivity index (χ1n) is 16.1. The van der Waals surface area contributed by atoms with Crippen LogP contribution in [0.2, 0.25) is 10.0 Å². The first-order valence-corrected chi connectivity index (χ1v) is 16.9. The number of benzene rings is 2. The van der Waals surface area contributed by atoms with Crippen molar-refractivity contribution in [3.63, 3.8) is 0 Å². The van der Waals surface area contributed by atoms with Crippen LogP contribution in [0.4, 0.5) is 0 Å². The van der Waals surface area contributed by atoms with Crippen molar-refractivity contribution in [2.45, 2.75) is 111 Å². The van der Waals surface area contributed by atoms with Crippen LogP contribution in [0.15, 0.2) is 30.3 Å². The van der Waals surface area contributed by atoms with E-state index < -0.39 is 52.6 Å². The van der Waals surface area contributed by atoms with Crippen molar-refractivity contribution in [1.82, 2.24) is 15.3 Å². The Morgan fingerprint density at radius 3 is 2.10 bits per heavy atom. The molecule has 0 aliphatic carbocycles. The molecule has 11 nitrogen and oxygen atoms in total. The van der Waals surface area contributed by atoms with Crippen molar-refractivity contribution >= 4 is 47.0 Å². The number of aliphatic carboxylic acids is 1. The van der Waals surface area contributed by atoms with Crippen LogP contribution in [0.3, 0.4) is 0 Å². The van der Waals surface area contributed by atoms with Crippen LogP contribution in [0.1, 0.15) is 113 Å². The summed E-state index contributed by atoms with van der Waals surface area (Å²) in [5, 5.41) is 14.3. The maximum atomic E-state index is 14.4. The molecule has 0 bridgehead atoms. The molecule has 0 spiro atoms. The summed E-state index contributed by atoms with van der Waals surface area (Å²) < 4.78 is 11.2. The van der Waals surface area contributed by atoms with Gasteiger partial charge in [0.2, 0.25) is 0 Å². The number of halogens is 2. The lowest BCUT2D eigenvalue weighted by Gasteiger charge is -2.35. The third-order valence-electron chi connectivity index (χ3n) is 7.32. The molecule has 49 heavy (non-hydrogen) atoms. The average Bonchev–Trinajstić information content (AvgIpc) is 2.95. The molecular formula is C36H49Cl2N3O8. The number of amides is 2. The summed E-state index contributed by atoms with van der Waals surface area (Å²) in [5.41, 5.74) is -0.0675. The van der Waals surface area contributed by atoms with Gasteiger partial charge in [-0.05, 0) is 123 Å². The molecule has 270 valence electrons. The van der Waals surface area contributed by atoms with Gasteiger partial charge in [-0.25, -0.2) is 14.7 Å². The van der Waals surface area contributed by atoms with Gasteiger partial charge in [-0.3, -0.25) is 14.4 Å². The topological polar surface area (TPSA) is 135 Å². The summed E-state index contributed by atoms with van der Waals surface area (Å²) in [4.78, 5) is 61.6. The maximum absolute atomic E-state index is 14.4. The highest BCUT2D eigenvalue weighted by Crippen LogP contribution is 2.39. The summed E-state index contributed by atoms with van der Waals surface area (Å²) in [5.74, 6) is -3.80. The summed E-state index contributed by atoms with van der Waals surface area (Å²) in [7, 11) is 1.93. The summed E-state index contributed by atoms with van der Waals surface area (Å²) in [6.07, 6.45) is 0. The number of hydroxylamine groups is 2. The third-order valence-corrected chi connectivity index (χ3v) is 7.87. The van der Waals surface area contributed by atoms with Gasteiger partial charge in [-0.1, -0.05) is 23.2 Å². The molecule has 0 radical (unpaired) electrons. The fourth-order valence-electron chi connectivity index (χ4n) is 5.19. The average molecular weight is 723 g/mol. The molecular weight excluding hydrogens is 673 g/mol. The van der Waals surface area contributed by atoms with Crippen molar-refractivity contribution < 1.29 is 38.6 Å². The molecule has 1 heterocycles. The molecule has 1 aliphatic rings. The molecule has 2 amide bonds. The van der Waals surface area contributed by atoms with Crippen molar-refractivity contribution in [2.75, 3.05) is 20.2 Å². The zero-order chi connectivity index (χ0) is 37.2. The number of nitrogens with one attached hydrogen (secondary N) is 1. The Hall–Kier alpha value is -3.22. The van der Waals surface area contributed by atoms with Gasteiger partial charge in [-0.15, -0.1) is 0 Å². The number of hydrogen-bond donors (Lipinski definition) is 2.